The molecular formula is C17H16N2O3S2. The van der Waals surface area contributed by atoms with Crippen LogP contribution in [0, 0.1) is 0 Å². The number of amides is 1. The number of hydrogen-bond acceptors (Lipinski definition) is 4. The van der Waals surface area contributed by atoms with Crippen molar-refractivity contribution in [2.45, 2.75) is 12.8 Å². The van der Waals surface area contributed by atoms with Gasteiger partial charge in [-0.3, -0.25) is 14.5 Å². The van der Waals surface area contributed by atoms with E-state index in [-0.39, 0.29) is 12.3 Å². The van der Waals surface area contributed by atoms with Gasteiger partial charge < -0.3 is 9.67 Å². The summed E-state index contributed by atoms with van der Waals surface area (Å²) in [5, 5.41) is 9.79. The average molecular weight is 360 g/mol. The third kappa shape index (κ3) is 3.22. The summed E-state index contributed by atoms with van der Waals surface area (Å²) >= 11 is 6.53. The second-order valence-corrected chi connectivity index (χ2v) is 7.22. The molecule has 5 nitrogen and oxygen atoms in total. The first-order valence-corrected chi connectivity index (χ1v) is 8.71. The molecule has 0 atom stereocenters. The Labute approximate surface area is 148 Å². The van der Waals surface area contributed by atoms with Crippen molar-refractivity contribution in [3.05, 3.63) is 40.9 Å². The molecule has 0 saturated carbocycles. The van der Waals surface area contributed by atoms with Crippen molar-refractivity contribution < 1.29 is 14.7 Å². The number of carboxylic acids is 1. The summed E-state index contributed by atoms with van der Waals surface area (Å²) in [5.41, 5.74) is 2.07. The molecule has 1 saturated heterocycles. The Balaban J connectivity index is 1.84. The molecule has 1 aliphatic heterocycles. The Morgan fingerprint density at radius 2 is 2.12 bits per heavy atom. The summed E-state index contributed by atoms with van der Waals surface area (Å²) in [6.45, 7) is 0.337. The summed E-state index contributed by atoms with van der Waals surface area (Å²) < 4.78 is 2.51. The van der Waals surface area contributed by atoms with E-state index in [0.717, 1.165) is 16.5 Å². The van der Waals surface area contributed by atoms with Crippen LogP contribution in [-0.4, -0.2) is 37.3 Å². The molecule has 1 amide bonds. The topological polar surface area (TPSA) is 62.5 Å². The van der Waals surface area contributed by atoms with Crippen molar-refractivity contribution >= 4 is 57.2 Å². The largest absolute Gasteiger partial charge is 0.481 e. The van der Waals surface area contributed by atoms with Crippen molar-refractivity contribution in [2.24, 2.45) is 7.05 Å². The molecular weight excluding hydrogens is 344 g/mol. The van der Waals surface area contributed by atoms with Gasteiger partial charge in [0.25, 0.3) is 5.91 Å². The molecule has 0 radical (unpaired) electrons. The highest BCUT2D eigenvalue weighted by atomic mass is 32.2. The third-order valence-electron chi connectivity index (χ3n) is 3.86. The molecule has 2 heterocycles. The van der Waals surface area contributed by atoms with Crippen LogP contribution in [-0.2, 0) is 16.6 Å². The standard InChI is InChI=1S/C17H16N2O3S2/c1-18-10-11(12-5-2-3-6-13(12)18)9-14-16(22)19(17(23)24-14)8-4-7-15(20)21/h2-3,5-6,9-10H,4,7-8H2,1H3,(H,20,21)/b14-9-. The van der Waals surface area contributed by atoms with E-state index in [1.54, 1.807) is 0 Å². The van der Waals surface area contributed by atoms with Gasteiger partial charge in [-0.25, -0.2) is 0 Å². The van der Waals surface area contributed by atoms with Crippen molar-refractivity contribution in [3.8, 4) is 0 Å². The third-order valence-corrected chi connectivity index (χ3v) is 5.24. The number of thiocarbonyl (C=S) groups is 1. The van der Waals surface area contributed by atoms with Gasteiger partial charge in [-0.05, 0) is 18.6 Å². The van der Waals surface area contributed by atoms with E-state index in [1.165, 1.54) is 16.7 Å². The van der Waals surface area contributed by atoms with Gasteiger partial charge in [-0.1, -0.05) is 42.2 Å². The number of fused-ring (bicyclic) bond motifs is 1. The van der Waals surface area contributed by atoms with Crippen LogP contribution in [0.4, 0.5) is 0 Å². The summed E-state index contributed by atoms with van der Waals surface area (Å²) in [7, 11) is 1.97. The van der Waals surface area contributed by atoms with Gasteiger partial charge in [-0.15, -0.1) is 0 Å². The number of aliphatic carboxylic acids is 1. The summed E-state index contributed by atoms with van der Waals surface area (Å²) in [5.74, 6) is -1.02. The lowest BCUT2D eigenvalue weighted by Crippen LogP contribution is -2.29. The van der Waals surface area contributed by atoms with E-state index < -0.39 is 5.97 Å². The lowest BCUT2D eigenvalue weighted by atomic mass is 10.1. The van der Waals surface area contributed by atoms with Crippen molar-refractivity contribution in [1.82, 2.24) is 9.47 Å². The molecule has 0 spiro atoms. The van der Waals surface area contributed by atoms with Crippen LogP contribution in [0.2, 0.25) is 0 Å². The van der Waals surface area contributed by atoms with Crippen LogP contribution in [0.5, 0.6) is 0 Å². The van der Waals surface area contributed by atoms with Crippen LogP contribution < -0.4 is 0 Å². The number of thioether (sulfide) groups is 1. The molecule has 2 aromatic rings. The van der Waals surface area contributed by atoms with E-state index in [2.05, 4.69) is 0 Å². The predicted molar refractivity (Wildman–Crippen MR) is 99.7 cm³/mol. The van der Waals surface area contributed by atoms with Gasteiger partial charge in [0.15, 0.2) is 0 Å². The second-order valence-electron chi connectivity index (χ2n) is 5.54. The maximum Gasteiger partial charge on any atom is 0.303 e. The first kappa shape index (κ1) is 16.7. The molecule has 0 bridgehead atoms. The minimum atomic E-state index is -0.869. The quantitative estimate of drug-likeness (QED) is 0.655. The Kier molecular flexibility index (Phi) is 4.73. The van der Waals surface area contributed by atoms with Crippen LogP contribution in [0.1, 0.15) is 18.4 Å². The van der Waals surface area contributed by atoms with Crippen LogP contribution in [0.15, 0.2) is 35.4 Å². The van der Waals surface area contributed by atoms with Crippen molar-refractivity contribution in [1.29, 1.82) is 0 Å². The molecule has 24 heavy (non-hydrogen) atoms. The number of para-hydroxylation sites is 1. The number of rotatable bonds is 5. The number of aromatic nitrogens is 1. The van der Waals surface area contributed by atoms with Gasteiger partial charge in [0, 0.05) is 42.7 Å². The Bertz CT molecular complexity index is 870. The minimum absolute atomic E-state index is 0.0272. The molecule has 0 unspecified atom stereocenters. The highest BCUT2D eigenvalue weighted by Gasteiger charge is 2.31. The second kappa shape index (κ2) is 6.78. The zero-order valence-corrected chi connectivity index (χ0v) is 14.7. The molecule has 1 aromatic carbocycles. The Morgan fingerprint density at radius 3 is 2.88 bits per heavy atom. The summed E-state index contributed by atoms with van der Waals surface area (Å²) in [4.78, 5) is 25.2. The molecule has 1 fully saturated rings. The molecule has 0 aliphatic carbocycles. The number of hydrogen-bond donors (Lipinski definition) is 1. The van der Waals surface area contributed by atoms with Crippen LogP contribution in [0.3, 0.4) is 0 Å². The summed E-state index contributed by atoms with van der Waals surface area (Å²) in [6, 6.07) is 8.00. The number of carboxylic acid groups (broad SMARTS) is 1. The molecule has 1 aliphatic rings. The van der Waals surface area contributed by atoms with Gasteiger partial charge >= 0.3 is 5.97 Å². The van der Waals surface area contributed by atoms with Gasteiger partial charge in [-0.2, -0.15) is 0 Å². The first-order valence-electron chi connectivity index (χ1n) is 7.48. The van der Waals surface area contributed by atoms with E-state index in [9.17, 15) is 9.59 Å². The normalized spacial score (nSPS) is 16.5. The number of carbonyl (C=O) groups is 2. The number of aryl methyl sites for hydroxylation is 1. The zero-order chi connectivity index (χ0) is 17.3. The first-order chi connectivity index (χ1) is 11.5. The average Bonchev–Trinajstić information content (AvgIpc) is 2.99. The van der Waals surface area contributed by atoms with E-state index in [1.807, 2.05) is 48.2 Å². The maximum atomic E-state index is 12.5. The SMILES string of the molecule is Cn1cc(/C=C2\SC(=S)N(CCCC(=O)O)C2=O)c2ccccc21. The van der Waals surface area contributed by atoms with E-state index >= 15 is 0 Å². The molecule has 1 aromatic heterocycles. The summed E-state index contributed by atoms with van der Waals surface area (Å²) in [6.07, 6.45) is 4.27. The van der Waals surface area contributed by atoms with Crippen molar-refractivity contribution in [2.75, 3.05) is 6.54 Å². The smallest absolute Gasteiger partial charge is 0.303 e. The lowest BCUT2D eigenvalue weighted by molar-refractivity contribution is -0.137. The Hall–Kier alpha value is -2.12. The molecule has 7 heteroatoms. The fourth-order valence-corrected chi connectivity index (χ4v) is 4.01. The van der Waals surface area contributed by atoms with Gasteiger partial charge in [0.2, 0.25) is 0 Å². The highest BCUT2D eigenvalue weighted by molar-refractivity contribution is 8.26. The van der Waals surface area contributed by atoms with Crippen molar-refractivity contribution in [3.63, 3.8) is 0 Å². The minimum Gasteiger partial charge on any atom is -0.481 e. The molecule has 124 valence electrons. The van der Waals surface area contributed by atoms with Crippen LogP contribution >= 0.6 is 24.0 Å². The van der Waals surface area contributed by atoms with Gasteiger partial charge in [0.05, 0.1) is 4.91 Å². The molecule has 3 rings (SSSR count). The lowest BCUT2D eigenvalue weighted by Gasteiger charge is -2.13. The molecule has 1 N–H and O–H groups in total. The number of carbonyl (C=O) groups excluding carboxylic acids is 1. The monoisotopic (exact) mass is 360 g/mol. The Morgan fingerprint density at radius 1 is 1.38 bits per heavy atom. The van der Waals surface area contributed by atoms with E-state index in [0.29, 0.717) is 22.2 Å². The van der Waals surface area contributed by atoms with Gasteiger partial charge in [0.1, 0.15) is 4.32 Å². The van der Waals surface area contributed by atoms with E-state index in [4.69, 9.17) is 17.3 Å². The highest BCUT2D eigenvalue weighted by Crippen LogP contribution is 2.34. The van der Waals surface area contributed by atoms with Crippen LogP contribution in [0.25, 0.3) is 17.0 Å². The number of nitrogens with zero attached hydrogens (tertiary/aromatic N) is 2. The zero-order valence-electron chi connectivity index (χ0n) is 13.1. The number of benzene rings is 1. The fraction of sp³-hybridized carbons (Fsp3) is 0.235. The predicted octanol–water partition coefficient (Wildman–Crippen LogP) is 3.24. The maximum absolute atomic E-state index is 12.5. The fourth-order valence-electron chi connectivity index (χ4n) is 2.71.